The molecule has 2 aliphatic rings. The molecule has 1 N–H and O–H groups in total. The number of benzene rings is 1. The second kappa shape index (κ2) is 4.38. The Morgan fingerprint density at radius 3 is 2.90 bits per heavy atom. The van der Waals surface area contributed by atoms with Crippen LogP contribution in [0.1, 0.15) is 36.6 Å². The quantitative estimate of drug-likeness (QED) is 0.914. The second-order valence-corrected chi connectivity index (χ2v) is 5.86. The number of aryl methyl sites for hydroxylation is 1. The molecule has 3 heterocycles. The van der Waals surface area contributed by atoms with Gasteiger partial charge >= 0.3 is 0 Å². The molecule has 5 heteroatoms. The molecule has 4 nitrogen and oxygen atoms in total. The highest BCUT2D eigenvalue weighted by Crippen LogP contribution is 2.39. The molecular weight excluding hydrogens is 257 g/mol. The number of nitrogens with zero attached hydrogens (tertiary/aromatic N) is 2. The van der Waals surface area contributed by atoms with Gasteiger partial charge in [-0.1, -0.05) is 5.16 Å². The molecule has 2 saturated heterocycles. The van der Waals surface area contributed by atoms with Crippen LogP contribution in [-0.4, -0.2) is 22.2 Å². The van der Waals surface area contributed by atoms with Crippen LogP contribution in [0.15, 0.2) is 22.7 Å². The molecule has 4 rings (SSSR count). The SMILES string of the molecule is Cc1cc(F)cc(-c2noc(C3CC4CCC3N4)n2)c1. The first-order valence-electron chi connectivity index (χ1n) is 7.06. The zero-order valence-electron chi connectivity index (χ0n) is 11.3. The van der Waals surface area contributed by atoms with Gasteiger partial charge in [0.1, 0.15) is 5.82 Å². The smallest absolute Gasteiger partial charge is 0.231 e. The highest BCUT2D eigenvalue weighted by molar-refractivity contribution is 5.55. The molecule has 0 radical (unpaired) electrons. The Bertz CT molecular complexity index is 634. The first-order chi connectivity index (χ1) is 9.69. The Hall–Kier alpha value is -1.75. The third kappa shape index (κ3) is 1.93. The number of aromatic nitrogens is 2. The lowest BCUT2D eigenvalue weighted by Crippen LogP contribution is -2.21. The van der Waals surface area contributed by atoms with Crippen LogP contribution >= 0.6 is 0 Å². The summed E-state index contributed by atoms with van der Waals surface area (Å²) in [7, 11) is 0. The first kappa shape index (κ1) is 12.0. The standard InChI is InChI=1S/C15H16FN3O/c1-8-4-9(6-10(16)5-8)14-18-15(20-19-14)12-7-11-2-3-13(12)17-11/h4-6,11-13,17H,2-3,7H2,1H3. The predicted molar refractivity (Wildman–Crippen MR) is 71.7 cm³/mol. The van der Waals surface area contributed by atoms with Gasteiger partial charge in [0.05, 0.1) is 5.92 Å². The van der Waals surface area contributed by atoms with Crippen molar-refractivity contribution in [3.63, 3.8) is 0 Å². The lowest BCUT2D eigenvalue weighted by atomic mass is 9.89. The van der Waals surface area contributed by atoms with Crippen molar-refractivity contribution in [2.45, 2.75) is 44.2 Å². The summed E-state index contributed by atoms with van der Waals surface area (Å²) >= 11 is 0. The number of hydrogen-bond acceptors (Lipinski definition) is 4. The topological polar surface area (TPSA) is 51.0 Å². The average molecular weight is 273 g/mol. The van der Waals surface area contributed by atoms with Gasteiger partial charge in [-0.3, -0.25) is 0 Å². The fourth-order valence-corrected chi connectivity index (χ4v) is 3.47. The summed E-state index contributed by atoms with van der Waals surface area (Å²) in [6, 6.07) is 5.86. The van der Waals surface area contributed by atoms with Crippen molar-refractivity contribution in [2.75, 3.05) is 0 Å². The highest BCUT2D eigenvalue weighted by Gasteiger charge is 2.42. The van der Waals surface area contributed by atoms with E-state index in [9.17, 15) is 4.39 Å². The fourth-order valence-electron chi connectivity index (χ4n) is 3.47. The van der Waals surface area contributed by atoms with Gasteiger partial charge in [0.2, 0.25) is 11.7 Å². The third-order valence-corrected chi connectivity index (χ3v) is 4.36. The van der Waals surface area contributed by atoms with E-state index in [0.29, 0.717) is 35.3 Å². The van der Waals surface area contributed by atoms with Crippen LogP contribution in [0.25, 0.3) is 11.4 Å². The lowest BCUT2D eigenvalue weighted by molar-refractivity contribution is 0.329. The van der Waals surface area contributed by atoms with Gasteiger partial charge in [-0.25, -0.2) is 4.39 Å². The van der Waals surface area contributed by atoms with Gasteiger partial charge in [0, 0.05) is 17.6 Å². The van der Waals surface area contributed by atoms with E-state index in [1.807, 2.05) is 13.0 Å². The molecule has 0 aliphatic carbocycles. The Kier molecular flexibility index (Phi) is 2.63. The predicted octanol–water partition coefficient (Wildman–Crippen LogP) is 2.79. The number of halogens is 1. The van der Waals surface area contributed by atoms with Crippen LogP contribution in [-0.2, 0) is 0 Å². The Morgan fingerprint density at radius 1 is 1.30 bits per heavy atom. The summed E-state index contributed by atoms with van der Waals surface area (Å²) in [5.74, 6) is 1.20. The maximum Gasteiger partial charge on any atom is 0.231 e. The van der Waals surface area contributed by atoms with E-state index < -0.39 is 0 Å². The zero-order chi connectivity index (χ0) is 13.7. The molecule has 0 amide bonds. The van der Waals surface area contributed by atoms with Gasteiger partial charge < -0.3 is 9.84 Å². The van der Waals surface area contributed by atoms with Gasteiger partial charge in [0.25, 0.3) is 0 Å². The summed E-state index contributed by atoms with van der Waals surface area (Å²) in [6.07, 6.45) is 3.48. The van der Waals surface area contributed by atoms with Gasteiger partial charge in [-0.15, -0.1) is 0 Å². The van der Waals surface area contributed by atoms with E-state index in [1.54, 1.807) is 0 Å². The van der Waals surface area contributed by atoms with Crippen LogP contribution in [0.5, 0.6) is 0 Å². The van der Waals surface area contributed by atoms with Crippen molar-refractivity contribution in [1.82, 2.24) is 15.5 Å². The van der Waals surface area contributed by atoms with Crippen LogP contribution < -0.4 is 5.32 Å². The molecule has 2 aliphatic heterocycles. The van der Waals surface area contributed by atoms with E-state index >= 15 is 0 Å². The largest absolute Gasteiger partial charge is 0.339 e. The van der Waals surface area contributed by atoms with E-state index in [0.717, 1.165) is 12.0 Å². The van der Waals surface area contributed by atoms with Crippen LogP contribution in [0.4, 0.5) is 4.39 Å². The summed E-state index contributed by atoms with van der Waals surface area (Å²) in [5, 5.41) is 7.57. The Labute approximate surface area is 116 Å². The molecule has 20 heavy (non-hydrogen) atoms. The average Bonchev–Trinajstić information content (AvgIpc) is 3.13. The third-order valence-electron chi connectivity index (χ3n) is 4.36. The molecule has 2 fully saturated rings. The van der Waals surface area contributed by atoms with Crippen molar-refractivity contribution in [2.24, 2.45) is 0 Å². The van der Waals surface area contributed by atoms with Crippen molar-refractivity contribution in [3.8, 4) is 11.4 Å². The minimum atomic E-state index is -0.270. The van der Waals surface area contributed by atoms with E-state index in [1.165, 1.54) is 25.0 Å². The molecule has 1 aromatic heterocycles. The highest BCUT2D eigenvalue weighted by atomic mass is 19.1. The van der Waals surface area contributed by atoms with Crippen LogP contribution in [0.2, 0.25) is 0 Å². The number of hydrogen-bond donors (Lipinski definition) is 1. The van der Waals surface area contributed by atoms with E-state index in [-0.39, 0.29) is 5.82 Å². The van der Waals surface area contributed by atoms with Crippen molar-refractivity contribution in [1.29, 1.82) is 0 Å². The summed E-state index contributed by atoms with van der Waals surface area (Å²) in [4.78, 5) is 4.48. The molecular formula is C15H16FN3O. The maximum atomic E-state index is 13.4. The molecule has 104 valence electrons. The summed E-state index contributed by atoms with van der Waals surface area (Å²) in [5.41, 5.74) is 1.53. The molecule has 3 unspecified atom stereocenters. The van der Waals surface area contributed by atoms with Crippen LogP contribution in [0, 0.1) is 12.7 Å². The minimum absolute atomic E-state index is 0.270. The molecule has 0 spiro atoms. The number of rotatable bonds is 2. The van der Waals surface area contributed by atoms with E-state index in [4.69, 9.17) is 4.52 Å². The maximum absolute atomic E-state index is 13.4. The van der Waals surface area contributed by atoms with Crippen LogP contribution in [0.3, 0.4) is 0 Å². The van der Waals surface area contributed by atoms with E-state index in [2.05, 4.69) is 15.5 Å². The van der Waals surface area contributed by atoms with Gasteiger partial charge in [-0.2, -0.15) is 4.98 Å². The molecule has 2 bridgehead atoms. The summed E-state index contributed by atoms with van der Waals surface area (Å²) in [6.45, 7) is 1.85. The molecule has 2 aromatic rings. The summed E-state index contributed by atoms with van der Waals surface area (Å²) < 4.78 is 18.9. The molecule has 0 saturated carbocycles. The molecule has 1 aromatic carbocycles. The monoisotopic (exact) mass is 273 g/mol. The van der Waals surface area contributed by atoms with Crippen molar-refractivity contribution < 1.29 is 8.91 Å². The fraction of sp³-hybridized carbons (Fsp3) is 0.467. The van der Waals surface area contributed by atoms with Gasteiger partial charge in [-0.05, 0) is 49.9 Å². The van der Waals surface area contributed by atoms with Crippen molar-refractivity contribution >= 4 is 0 Å². The van der Waals surface area contributed by atoms with Gasteiger partial charge in [0.15, 0.2) is 0 Å². The van der Waals surface area contributed by atoms with Crippen molar-refractivity contribution in [3.05, 3.63) is 35.5 Å². The second-order valence-electron chi connectivity index (χ2n) is 5.86. The Morgan fingerprint density at radius 2 is 2.20 bits per heavy atom. The Balaban J connectivity index is 1.65. The number of nitrogens with one attached hydrogen (secondary N) is 1. The molecule has 3 atom stereocenters. The zero-order valence-corrected chi connectivity index (χ0v) is 11.3. The minimum Gasteiger partial charge on any atom is -0.339 e. The first-order valence-corrected chi connectivity index (χ1v) is 7.06. The number of fused-ring (bicyclic) bond motifs is 2. The lowest BCUT2D eigenvalue weighted by Gasteiger charge is -2.15. The normalized spacial score (nSPS) is 28.2.